The third-order valence-electron chi connectivity index (χ3n) is 2.93. The zero-order valence-electron chi connectivity index (χ0n) is 12.2. The highest BCUT2D eigenvalue weighted by Gasteiger charge is 2.18. The Morgan fingerprint density at radius 1 is 1.43 bits per heavy atom. The molecular weight excluding hydrogens is 288 g/mol. The van der Waals surface area contributed by atoms with Gasteiger partial charge in [-0.2, -0.15) is 0 Å². The van der Waals surface area contributed by atoms with Crippen molar-refractivity contribution in [1.29, 1.82) is 0 Å². The Hall–Kier alpha value is -1.79. The monoisotopic (exact) mass is 308 g/mol. The zero-order valence-corrected chi connectivity index (χ0v) is 13.1. The molecule has 114 valence electrons. The molecule has 1 N–H and O–H groups in total. The van der Waals surface area contributed by atoms with Crippen LogP contribution in [0, 0.1) is 0 Å². The zero-order chi connectivity index (χ0) is 15.1. The maximum Gasteiger partial charge on any atom is 0.318 e. The normalized spacial score (nSPS) is 12.1. The molecule has 6 heteroatoms. The average molecular weight is 308 g/mol. The molecule has 0 aliphatic carbocycles. The Morgan fingerprint density at radius 3 is 2.90 bits per heavy atom. The van der Waals surface area contributed by atoms with Crippen molar-refractivity contribution in [1.82, 2.24) is 10.2 Å². The second-order valence-corrected chi connectivity index (χ2v) is 5.85. The van der Waals surface area contributed by atoms with Crippen molar-refractivity contribution in [2.45, 2.75) is 26.1 Å². The first-order valence-corrected chi connectivity index (χ1v) is 7.66. The summed E-state index contributed by atoms with van der Waals surface area (Å²) in [5, 5.41) is 4.94. The van der Waals surface area contributed by atoms with E-state index < -0.39 is 0 Å². The molecule has 2 aromatic rings. The molecule has 21 heavy (non-hydrogen) atoms. The molecule has 0 aliphatic rings. The van der Waals surface area contributed by atoms with E-state index in [1.165, 1.54) is 0 Å². The van der Waals surface area contributed by atoms with Crippen LogP contribution in [0.25, 0.3) is 0 Å². The van der Waals surface area contributed by atoms with Gasteiger partial charge in [-0.3, -0.25) is 0 Å². The Morgan fingerprint density at radius 2 is 2.29 bits per heavy atom. The fraction of sp³-hybridized carbons (Fsp3) is 0.400. The second kappa shape index (κ2) is 7.85. The number of furan rings is 1. The number of amides is 2. The molecule has 0 aliphatic heterocycles. The molecule has 2 heterocycles. The van der Waals surface area contributed by atoms with E-state index in [1.54, 1.807) is 29.6 Å². The molecule has 1 unspecified atom stereocenters. The van der Waals surface area contributed by atoms with Crippen LogP contribution in [0.15, 0.2) is 40.3 Å². The number of carbonyl (C=O) groups excluding carboxylic acids is 1. The predicted octanol–water partition coefficient (Wildman–Crippen LogP) is 3.09. The molecule has 5 nitrogen and oxygen atoms in total. The summed E-state index contributed by atoms with van der Waals surface area (Å²) in [7, 11) is 1.62. The smallest absolute Gasteiger partial charge is 0.318 e. The summed E-state index contributed by atoms with van der Waals surface area (Å²) in [5.41, 5.74) is 0. The first-order chi connectivity index (χ1) is 10.2. The van der Waals surface area contributed by atoms with E-state index in [0.717, 1.165) is 10.6 Å². The summed E-state index contributed by atoms with van der Waals surface area (Å²) in [5.74, 6) is 0.765. The number of hydrogen-bond acceptors (Lipinski definition) is 4. The average Bonchev–Trinajstić information content (AvgIpc) is 3.11. The second-order valence-electron chi connectivity index (χ2n) is 4.82. The van der Waals surface area contributed by atoms with E-state index in [9.17, 15) is 4.79 Å². The summed E-state index contributed by atoms with van der Waals surface area (Å²) < 4.78 is 10.4. The van der Waals surface area contributed by atoms with Gasteiger partial charge in [-0.05, 0) is 30.5 Å². The highest BCUT2D eigenvalue weighted by Crippen LogP contribution is 2.15. The van der Waals surface area contributed by atoms with Crippen LogP contribution in [0.5, 0.6) is 0 Å². The molecule has 0 aromatic carbocycles. The minimum atomic E-state index is -0.121. The van der Waals surface area contributed by atoms with Gasteiger partial charge in [-0.1, -0.05) is 6.07 Å². The first kappa shape index (κ1) is 15.6. The molecule has 2 rings (SSSR count). The van der Waals surface area contributed by atoms with E-state index in [4.69, 9.17) is 9.15 Å². The van der Waals surface area contributed by atoms with Gasteiger partial charge >= 0.3 is 6.03 Å². The standard InChI is InChI=1S/C15H20N2O3S/c1-12(11-19-2)16-15(18)17(9-13-5-3-7-20-13)10-14-6-4-8-21-14/h3-8,12H,9-11H2,1-2H3,(H,16,18). The summed E-state index contributed by atoms with van der Waals surface area (Å²) in [6.45, 7) is 3.40. The minimum Gasteiger partial charge on any atom is -0.467 e. The number of ether oxygens (including phenoxy) is 1. The van der Waals surface area contributed by atoms with Gasteiger partial charge in [0.2, 0.25) is 0 Å². The van der Waals surface area contributed by atoms with E-state index in [1.807, 2.05) is 36.6 Å². The lowest BCUT2D eigenvalue weighted by Crippen LogP contribution is -2.44. The number of thiophene rings is 1. The number of rotatable bonds is 7. The van der Waals surface area contributed by atoms with Crippen molar-refractivity contribution < 1.29 is 13.9 Å². The Labute approximate surface area is 128 Å². The minimum absolute atomic E-state index is 0.0371. The van der Waals surface area contributed by atoms with E-state index in [-0.39, 0.29) is 12.1 Å². The number of urea groups is 1. The fourth-order valence-corrected chi connectivity index (χ4v) is 2.69. The topological polar surface area (TPSA) is 54.7 Å². The van der Waals surface area contributed by atoms with Crippen molar-refractivity contribution in [3.05, 3.63) is 46.5 Å². The predicted molar refractivity (Wildman–Crippen MR) is 82.1 cm³/mol. The third kappa shape index (κ3) is 4.91. The summed E-state index contributed by atoms with van der Waals surface area (Å²) in [6.07, 6.45) is 1.62. The molecule has 0 radical (unpaired) electrons. The summed E-state index contributed by atoms with van der Waals surface area (Å²) >= 11 is 1.63. The van der Waals surface area contributed by atoms with Crippen molar-refractivity contribution in [2.24, 2.45) is 0 Å². The van der Waals surface area contributed by atoms with Crippen LogP contribution >= 0.6 is 11.3 Å². The van der Waals surface area contributed by atoms with Crippen molar-refractivity contribution in [3.63, 3.8) is 0 Å². The van der Waals surface area contributed by atoms with Crippen LogP contribution < -0.4 is 5.32 Å². The van der Waals surface area contributed by atoms with Gasteiger partial charge in [0.1, 0.15) is 5.76 Å². The van der Waals surface area contributed by atoms with Gasteiger partial charge in [0.25, 0.3) is 0 Å². The maximum absolute atomic E-state index is 12.4. The largest absolute Gasteiger partial charge is 0.467 e. The number of nitrogens with zero attached hydrogens (tertiary/aromatic N) is 1. The van der Waals surface area contributed by atoms with Crippen molar-refractivity contribution in [2.75, 3.05) is 13.7 Å². The molecule has 2 aromatic heterocycles. The number of nitrogens with one attached hydrogen (secondary N) is 1. The molecule has 2 amide bonds. The lowest BCUT2D eigenvalue weighted by atomic mass is 10.3. The quantitative estimate of drug-likeness (QED) is 0.855. The highest BCUT2D eigenvalue weighted by atomic mass is 32.1. The molecule has 0 bridgehead atoms. The maximum atomic E-state index is 12.4. The molecule has 0 saturated carbocycles. The summed E-state index contributed by atoms with van der Waals surface area (Å²) in [4.78, 5) is 15.3. The molecular formula is C15H20N2O3S. The lowest BCUT2D eigenvalue weighted by molar-refractivity contribution is 0.155. The summed E-state index contributed by atoms with van der Waals surface area (Å²) in [6, 6.07) is 7.54. The molecule has 1 atom stereocenters. The lowest BCUT2D eigenvalue weighted by Gasteiger charge is -2.24. The Bertz CT molecular complexity index is 489. The van der Waals surface area contributed by atoms with Gasteiger partial charge in [-0.15, -0.1) is 11.3 Å². The van der Waals surface area contributed by atoms with Gasteiger partial charge in [-0.25, -0.2) is 4.79 Å². The SMILES string of the molecule is COCC(C)NC(=O)N(Cc1ccco1)Cc1cccs1. The number of carbonyl (C=O) groups is 1. The van der Waals surface area contributed by atoms with Crippen LogP contribution in [0.4, 0.5) is 4.79 Å². The van der Waals surface area contributed by atoms with Gasteiger partial charge in [0.05, 0.1) is 32.0 Å². The van der Waals surface area contributed by atoms with E-state index >= 15 is 0 Å². The molecule has 0 fully saturated rings. The van der Waals surface area contributed by atoms with E-state index in [2.05, 4.69) is 5.32 Å². The van der Waals surface area contributed by atoms with Gasteiger partial charge < -0.3 is 19.4 Å². The first-order valence-electron chi connectivity index (χ1n) is 6.78. The fourth-order valence-electron chi connectivity index (χ4n) is 1.97. The molecule has 0 spiro atoms. The van der Waals surface area contributed by atoms with Gasteiger partial charge in [0, 0.05) is 12.0 Å². The number of hydrogen-bond donors (Lipinski definition) is 1. The van der Waals surface area contributed by atoms with Crippen LogP contribution in [-0.4, -0.2) is 30.7 Å². The van der Waals surface area contributed by atoms with Crippen LogP contribution in [0.2, 0.25) is 0 Å². The Balaban J connectivity index is 2.01. The van der Waals surface area contributed by atoms with Crippen molar-refractivity contribution >= 4 is 17.4 Å². The van der Waals surface area contributed by atoms with Gasteiger partial charge in [0.15, 0.2) is 0 Å². The molecule has 0 saturated heterocycles. The third-order valence-corrected chi connectivity index (χ3v) is 3.79. The number of methoxy groups -OCH3 is 1. The van der Waals surface area contributed by atoms with Crippen molar-refractivity contribution in [3.8, 4) is 0 Å². The highest BCUT2D eigenvalue weighted by molar-refractivity contribution is 7.09. The van der Waals surface area contributed by atoms with E-state index in [0.29, 0.717) is 19.7 Å². The van der Waals surface area contributed by atoms with Crippen LogP contribution in [-0.2, 0) is 17.8 Å². The van der Waals surface area contributed by atoms with Crippen LogP contribution in [0.3, 0.4) is 0 Å². The van der Waals surface area contributed by atoms with Crippen LogP contribution in [0.1, 0.15) is 17.6 Å². The Kier molecular flexibility index (Phi) is 5.83.